The number of hydrogen-bond donors (Lipinski definition) is 2. The second-order valence-corrected chi connectivity index (χ2v) is 5.06. The van der Waals surface area contributed by atoms with Gasteiger partial charge >= 0.3 is 12.1 Å². The van der Waals surface area contributed by atoms with Gasteiger partial charge in [-0.25, -0.2) is 0 Å². The SMILES string of the molecule is CC(CNC(=O)c1ccc(-c2noc(C(F)(F)F)n2)cc1)=NOCCO. The van der Waals surface area contributed by atoms with E-state index in [9.17, 15) is 18.0 Å². The molecule has 2 aromatic rings. The highest BCUT2D eigenvalue weighted by atomic mass is 19.4. The van der Waals surface area contributed by atoms with Gasteiger partial charge < -0.3 is 19.8 Å². The van der Waals surface area contributed by atoms with Gasteiger partial charge in [0.1, 0.15) is 6.61 Å². The van der Waals surface area contributed by atoms with Crippen molar-refractivity contribution in [2.45, 2.75) is 13.1 Å². The molecule has 0 saturated carbocycles. The van der Waals surface area contributed by atoms with E-state index in [0.717, 1.165) is 0 Å². The summed E-state index contributed by atoms with van der Waals surface area (Å²) >= 11 is 0. The summed E-state index contributed by atoms with van der Waals surface area (Å²) in [4.78, 5) is 20.0. The average Bonchev–Trinajstić information content (AvgIpc) is 3.10. The topological polar surface area (TPSA) is 110 Å². The van der Waals surface area contributed by atoms with E-state index in [1.54, 1.807) is 6.92 Å². The highest BCUT2D eigenvalue weighted by Gasteiger charge is 2.38. The zero-order valence-electron chi connectivity index (χ0n) is 13.6. The maximum atomic E-state index is 12.5. The molecule has 0 atom stereocenters. The number of nitrogens with zero attached hydrogens (tertiary/aromatic N) is 3. The van der Waals surface area contributed by atoms with Gasteiger partial charge in [-0.3, -0.25) is 4.79 Å². The predicted molar refractivity (Wildman–Crippen MR) is 83.2 cm³/mol. The minimum absolute atomic E-state index is 0.0544. The number of rotatable bonds is 7. The van der Waals surface area contributed by atoms with Crippen molar-refractivity contribution in [1.82, 2.24) is 15.5 Å². The van der Waals surface area contributed by atoms with Gasteiger partial charge in [0.25, 0.3) is 5.91 Å². The molecule has 0 aliphatic heterocycles. The van der Waals surface area contributed by atoms with Crippen LogP contribution in [0.2, 0.25) is 0 Å². The minimum atomic E-state index is -4.72. The summed E-state index contributed by atoms with van der Waals surface area (Å²) < 4.78 is 41.5. The Kier molecular flexibility index (Phi) is 6.28. The molecule has 0 spiro atoms. The number of carbonyl (C=O) groups is 1. The van der Waals surface area contributed by atoms with Crippen molar-refractivity contribution in [3.05, 3.63) is 35.7 Å². The van der Waals surface area contributed by atoms with Crippen LogP contribution in [0.25, 0.3) is 11.4 Å². The summed E-state index contributed by atoms with van der Waals surface area (Å²) in [5, 5.41) is 18.1. The largest absolute Gasteiger partial charge is 0.471 e. The molecule has 2 N–H and O–H groups in total. The molecule has 140 valence electrons. The molecule has 1 amide bonds. The van der Waals surface area contributed by atoms with E-state index in [4.69, 9.17) is 9.94 Å². The molecule has 26 heavy (non-hydrogen) atoms. The molecule has 11 heteroatoms. The first-order valence-electron chi connectivity index (χ1n) is 7.37. The molecule has 0 fully saturated rings. The molecule has 1 aromatic carbocycles. The summed E-state index contributed by atoms with van der Waals surface area (Å²) in [7, 11) is 0. The van der Waals surface area contributed by atoms with Crippen LogP contribution in [0.4, 0.5) is 13.2 Å². The van der Waals surface area contributed by atoms with Crippen molar-refractivity contribution in [3.8, 4) is 11.4 Å². The van der Waals surface area contributed by atoms with Crippen LogP contribution in [0.3, 0.4) is 0 Å². The number of halogens is 3. The van der Waals surface area contributed by atoms with E-state index >= 15 is 0 Å². The first kappa shape index (κ1) is 19.4. The zero-order valence-corrected chi connectivity index (χ0v) is 13.6. The van der Waals surface area contributed by atoms with Gasteiger partial charge in [-0.2, -0.15) is 18.2 Å². The Balaban J connectivity index is 1.97. The lowest BCUT2D eigenvalue weighted by molar-refractivity contribution is -0.159. The molecule has 0 unspecified atom stereocenters. The van der Waals surface area contributed by atoms with Crippen LogP contribution in [-0.2, 0) is 11.0 Å². The zero-order chi connectivity index (χ0) is 19.2. The van der Waals surface area contributed by atoms with Crippen LogP contribution in [0.1, 0.15) is 23.2 Å². The smallest absolute Gasteiger partial charge is 0.393 e. The normalized spacial score (nSPS) is 12.1. The summed E-state index contributed by atoms with van der Waals surface area (Å²) in [5.41, 5.74) is 1.06. The van der Waals surface area contributed by atoms with E-state index in [2.05, 4.69) is 25.1 Å². The Bertz CT molecular complexity index is 772. The highest BCUT2D eigenvalue weighted by molar-refractivity contribution is 5.97. The predicted octanol–water partition coefficient (Wildman–Crippen LogP) is 1.87. The number of aliphatic hydroxyl groups is 1. The Labute approximate surface area is 145 Å². The van der Waals surface area contributed by atoms with Crippen molar-refractivity contribution >= 4 is 11.6 Å². The van der Waals surface area contributed by atoms with E-state index in [-0.39, 0.29) is 36.7 Å². The van der Waals surface area contributed by atoms with Crippen molar-refractivity contribution in [1.29, 1.82) is 0 Å². The number of oxime groups is 1. The fourth-order valence-corrected chi connectivity index (χ4v) is 1.77. The van der Waals surface area contributed by atoms with Gasteiger partial charge in [0, 0.05) is 11.1 Å². The second kappa shape index (κ2) is 8.43. The third-order valence-electron chi connectivity index (χ3n) is 2.98. The van der Waals surface area contributed by atoms with Crippen LogP contribution in [-0.4, -0.2) is 46.6 Å². The molecule has 0 aliphatic carbocycles. The Hall–Kier alpha value is -2.95. The van der Waals surface area contributed by atoms with Crippen LogP contribution in [0, 0.1) is 0 Å². The van der Waals surface area contributed by atoms with Crippen LogP contribution in [0.15, 0.2) is 33.9 Å². The summed E-state index contributed by atoms with van der Waals surface area (Å²) in [6, 6.07) is 5.66. The number of amides is 1. The Morgan fingerprint density at radius 3 is 2.62 bits per heavy atom. The quantitative estimate of drug-likeness (QED) is 0.436. The van der Waals surface area contributed by atoms with Crippen LogP contribution >= 0.6 is 0 Å². The first-order chi connectivity index (χ1) is 12.3. The van der Waals surface area contributed by atoms with Gasteiger partial charge in [0.2, 0.25) is 5.82 Å². The van der Waals surface area contributed by atoms with Crippen molar-refractivity contribution < 1.29 is 32.4 Å². The van der Waals surface area contributed by atoms with Crippen LogP contribution < -0.4 is 5.32 Å². The van der Waals surface area contributed by atoms with E-state index in [1.165, 1.54) is 24.3 Å². The Morgan fingerprint density at radius 1 is 1.35 bits per heavy atom. The summed E-state index contributed by atoms with van der Waals surface area (Å²) in [5.74, 6) is -2.07. The third-order valence-corrected chi connectivity index (χ3v) is 2.98. The van der Waals surface area contributed by atoms with Gasteiger partial charge in [0.15, 0.2) is 0 Å². The fourth-order valence-electron chi connectivity index (χ4n) is 1.77. The van der Waals surface area contributed by atoms with E-state index in [1.807, 2.05) is 0 Å². The summed E-state index contributed by atoms with van der Waals surface area (Å²) in [6.45, 7) is 1.65. The fraction of sp³-hybridized carbons (Fsp3) is 0.333. The van der Waals surface area contributed by atoms with Crippen molar-refractivity contribution in [2.24, 2.45) is 5.16 Å². The highest BCUT2D eigenvalue weighted by Crippen LogP contribution is 2.29. The van der Waals surface area contributed by atoms with Gasteiger partial charge in [0.05, 0.1) is 18.9 Å². The molecular formula is C15H15F3N4O4. The number of nitrogens with one attached hydrogen (secondary N) is 1. The third kappa shape index (κ3) is 5.28. The van der Waals surface area contributed by atoms with Crippen LogP contribution in [0.5, 0.6) is 0 Å². The summed E-state index contributed by atoms with van der Waals surface area (Å²) in [6.07, 6.45) is -4.72. The van der Waals surface area contributed by atoms with Gasteiger partial charge in [-0.15, -0.1) is 0 Å². The second-order valence-electron chi connectivity index (χ2n) is 5.06. The lowest BCUT2D eigenvalue weighted by Crippen LogP contribution is -2.28. The number of alkyl halides is 3. The van der Waals surface area contributed by atoms with Crippen molar-refractivity contribution in [2.75, 3.05) is 19.8 Å². The molecule has 0 saturated heterocycles. The maximum Gasteiger partial charge on any atom is 0.471 e. The molecule has 1 aromatic heterocycles. The van der Waals surface area contributed by atoms with Gasteiger partial charge in [-0.1, -0.05) is 22.4 Å². The monoisotopic (exact) mass is 372 g/mol. The Morgan fingerprint density at radius 2 is 2.04 bits per heavy atom. The van der Waals surface area contributed by atoms with Crippen molar-refractivity contribution in [3.63, 3.8) is 0 Å². The van der Waals surface area contributed by atoms with Gasteiger partial charge in [-0.05, 0) is 19.1 Å². The molecular weight excluding hydrogens is 357 g/mol. The lowest BCUT2D eigenvalue weighted by atomic mass is 10.1. The van der Waals surface area contributed by atoms with E-state index in [0.29, 0.717) is 5.71 Å². The number of aliphatic hydroxyl groups excluding tert-OH is 1. The molecule has 1 heterocycles. The molecule has 0 bridgehead atoms. The minimum Gasteiger partial charge on any atom is -0.393 e. The lowest BCUT2D eigenvalue weighted by Gasteiger charge is -2.05. The number of benzene rings is 1. The van der Waals surface area contributed by atoms with E-state index < -0.39 is 18.0 Å². The first-order valence-corrected chi connectivity index (χ1v) is 7.37. The number of carbonyl (C=O) groups excluding carboxylic acids is 1. The number of aromatic nitrogens is 2. The molecule has 2 rings (SSSR count). The maximum absolute atomic E-state index is 12.5. The molecule has 0 aliphatic rings. The number of hydrogen-bond acceptors (Lipinski definition) is 7. The standard InChI is InChI=1S/C15H15F3N4O4/c1-9(21-25-7-6-23)8-19-13(24)11-4-2-10(3-5-11)12-20-14(26-22-12)15(16,17)18/h2-5,23H,6-8H2,1H3,(H,19,24). The average molecular weight is 372 g/mol. The molecule has 0 radical (unpaired) electrons. The molecule has 8 nitrogen and oxygen atoms in total.